The Morgan fingerprint density at radius 3 is 2.26 bits per heavy atom. The average molecular weight is 673 g/mol. The van der Waals surface area contributed by atoms with Crippen molar-refractivity contribution < 1.29 is 23.5 Å². The van der Waals surface area contributed by atoms with Crippen molar-refractivity contribution in [3.05, 3.63) is 100 Å². The van der Waals surface area contributed by atoms with Crippen molar-refractivity contribution in [3.63, 3.8) is 0 Å². The predicted molar refractivity (Wildman–Crippen MR) is 179 cm³/mol. The average Bonchev–Trinajstić information content (AvgIpc) is 3.03. The molecule has 3 aromatic carbocycles. The van der Waals surface area contributed by atoms with Crippen LogP contribution in [0, 0.1) is 23.1 Å². The van der Waals surface area contributed by atoms with Crippen LogP contribution >= 0.6 is 24.0 Å². The van der Waals surface area contributed by atoms with Crippen molar-refractivity contribution in [3.8, 4) is 5.75 Å². The molecule has 0 bridgehead atoms. The molecule has 0 aromatic heterocycles. The number of nitrogens with one attached hydrogen (secondary N) is 4. The van der Waals surface area contributed by atoms with Gasteiger partial charge in [-0.2, -0.15) is 0 Å². The molecular formula is C34H40Cl2FN5O4. The Labute approximate surface area is 279 Å². The van der Waals surface area contributed by atoms with E-state index in [1.165, 1.54) is 18.2 Å². The van der Waals surface area contributed by atoms with Crippen molar-refractivity contribution in [2.45, 2.75) is 51.1 Å². The normalized spacial score (nSPS) is 14.2. The Bertz CT molecular complexity index is 1450. The van der Waals surface area contributed by atoms with Crippen LogP contribution in [-0.2, 0) is 27.3 Å². The summed E-state index contributed by atoms with van der Waals surface area (Å²) in [5.41, 5.74) is 7.72. The second kappa shape index (κ2) is 18.1. The van der Waals surface area contributed by atoms with Gasteiger partial charge in [0.05, 0.1) is 6.54 Å². The number of rotatable bonds is 14. The first-order chi connectivity index (χ1) is 21.7. The number of halogens is 3. The van der Waals surface area contributed by atoms with Crippen molar-refractivity contribution in [2.75, 3.05) is 13.2 Å². The lowest BCUT2D eigenvalue weighted by molar-refractivity contribution is -0.138. The van der Waals surface area contributed by atoms with Crippen LogP contribution in [-0.4, -0.2) is 42.8 Å². The minimum atomic E-state index is -1.11. The van der Waals surface area contributed by atoms with Crippen LogP contribution in [0.25, 0.3) is 0 Å². The lowest BCUT2D eigenvalue weighted by Crippen LogP contribution is -2.55. The Balaban J connectivity index is 0.00000576. The van der Waals surface area contributed by atoms with Gasteiger partial charge in [0.1, 0.15) is 36.0 Å². The molecule has 46 heavy (non-hydrogen) atoms. The molecule has 1 aliphatic rings. The molecule has 0 radical (unpaired) electrons. The van der Waals surface area contributed by atoms with Crippen molar-refractivity contribution in [2.24, 2.45) is 17.6 Å². The van der Waals surface area contributed by atoms with Gasteiger partial charge in [0.2, 0.25) is 17.7 Å². The number of amides is 3. The maximum atomic E-state index is 13.8. The molecule has 1 aliphatic carbocycles. The van der Waals surface area contributed by atoms with Crippen LogP contribution in [0.3, 0.4) is 0 Å². The zero-order valence-corrected chi connectivity index (χ0v) is 27.0. The van der Waals surface area contributed by atoms with Crippen molar-refractivity contribution >= 4 is 47.6 Å². The third-order valence-electron chi connectivity index (χ3n) is 7.85. The summed E-state index contributed by atoms with van der Waals surface area (Å²) in [6.07, 6.45) is 4.58. The van der Waals surface area contributed by atoms with E-state index in [9.17, 15) is 18.8 Å². The van der Waals surface area contributed by atoms with Crippen LogP contribution in [0.4, 0.5) is 4.39 Å². The molecule has 2 atom stereocenters. The van der Waals surface area contributed by atoms with E-state index in [1.54, 1.807) is 24.3 Å². The zero-order valence-electron chi connectivity index (χ0n) is 25.4. The number of carbonyl (C=O) groups is 3. The number of carbonyl (C=O) groups excluding carboxylic acids is 3. The summed E-state index contributed by atoms with van der Waals surface area (Å²) in [5, 5.41) is 16.5. The quantitative estimate of drug-likeness (QED) is 0.0715. The fourth-order valence-corrected chi connectivity index (χ4v) is 5.66. The van der Waals surface area contributed by atoms with E-state index >= 15 is 0 Å². The van der Waals surface area contributed by atoms with Crippen LogP contribution in [0.2, 0.25) is 5.02 Å². The van der Waals surface area contributed by atoms with E-state index in [0.29, 0.717) is 11.1 Å². The fraction of sp³-hybridized carbons (Fsp3) is 0.353. The highest BCUT2D eigenvalue weighted by Crippen LogP contribution is 2.27. The lowest BCUT2D eigenvalue weighted by Gasteiger charge is -2.31. The SMILES string of the molecule is Cl.N=C(N)c1ccc(CC(C(=O)NCc2ccccc2)C(=O)NC(C(=O)NCCOc2cc(F)cc(Cl)c2)C2CCCCC2)cc1. The molecule has 1 saturated carbocycles. The van der Waals surface area contributed by atoms with Gasteiger partial charge < -0.3 is 26.4 Å². The minimum Gasteiger partial charge on any atom is -0.492 e. The first-order valence-electron chi connectivity index (χ1n) is 15.1. The van der Waals surface area contributed by atoms with Gasteiger partial charge in [-0.25, -0.2) is 4.39 Å². The number of hydrogen-bond acceptors (Lipinski definition) is 5. The molecule has 6 N–H and O–H groups in total. The molecule has 2 unspecified atom stereocenters. The third kappa shape index (κ3) is 11.0. The van der Waals surface area contributed by atoms with Crippen molar-refractivity contribution in [1.82, 2.24) is 16.0 Å². The van der Waals surface area contributed by atoms with Gasteiger partial charge in [0, 0.05) is 23.2 Å². The molecule has 0 saturated heterocycles. The van der Waals surface area contributed by atoms with E-state index in [4.69, 9.17) is 27.5 Å². The molecule has 0 heterocycles. The van der Waals surface area contributed by atoms with Gasteiger partial charge >= 0.3 is 0 Å². The fourth-order valence-electron chi connectivity index (χ4n) is 5.45. The molecule has 4 rings (SSSR count). The Morgan fingerprint density at radius 2 is 1.61 bits per heavy atom. The molecule has 0 aliphatic heterocycles. The number of benzene rings is 3. The molecule has 12 heteroatoms. The third-order valence-corrected chi connectivity index (χ3v) is 8.07. The summed E-state index contributed by atoms with van der Waals surface area (Å²) in [4.78, 5) is 40.8. The van der Waals surface area contributed by atoms with Crippen LogP contribution in [0.15, 0.2) is 72.8 Å². The van der Waals surface area contributed by atoms with Crippen LogP contribution in [0.1, 0.15) is 48.8 Å². The van der Waals surface area contributed by atoms with E-state index in [0.717, 1.165) is 37.7 Å². The highest BCUT2D eigenvalue weighted by molar-refractivity contribution is 6.30. The summed E-state index contributed by atoms with van der Waals surface area (Å²) in [5.74, 6) is -2.95. The monoisotopic (exact) mass is 671 g/mol. The molecule has 3 aromatic rings. The number of nitrogens with two attached hydrogens (primary N) is 1. The summed E-state index contributed by atoms with van der Waals surface area (Å²) in [6.45, 7) is 0.433. The van der Waals surface area contributed by atoms with Gasteiger partial charge in [-0.15, -0.1) is 12.4 Å². The van der Waals surface area contributed by atoms with Gasteiger partial charge in [-0.3, -0.25) is 19.8 Å². The van der Waals surface area contributed by atoms with Gasteiger partial charge in [0.25, 0.3) is 0 Å². The van der Waals surface area contributed by atoms with E-state index in [-0.39, 0.29) is 67.0 Å². The first-order valence-corrected chi connectivity index (χ1v) is 15.5. The summed E-state index contributed by atoms with van der Waals surface area (Å²) < 4.78 is 19.2. The molecule has 9 nitrogen and oxygen atoms in total. The van der Waals surface area contributed by atoms with Gasteiger partial charge in [0.15, 0.2) is 0 Å². The number of ether oxygens (including phenoxy) is 1. The molecule has 3 amide bonds. The summed E-state index contributed by atoms with van der Waals surface area (Å²) in [6, 6.07) is 19.2. The maximum Gasteiger partial charge on any atom is 0.242 e. The Morgan fingerprint density at radius 1 is 0.913 bits per heavy atom. The van der Waals surface area contributed by atoms with Gasteiger partial charge in [-0.1, -0.05) is 85.5 Å². The Hall–Kier alpha value is -4.15. The second-order valence-corrected chi connectivity index (χ2v) is 11.6. The van der Waals surface area contributed by atoms with Crippen LogP contribution < -0.4 is 26.4 Å². The predicted octanol–water partition coefficient (Wildman–Crippen LogP) is 4.92. The van der Waals surface area contributed by atoms with Gasteiger partial charge in [-0.05, 0) is 48.4 Å². The number of hydrogen-bond donors (Lipinski definition) is 5. The second-order valence-electron chi connectivity index (χ2n) is 11.2. The number of amidine groups is 1. The first kappa shape index (κ1) is 36.3. The van der Waals surface area contributed by atoms with E-state index in [2.05, 4.69) is 16.0 Å². The summed E-state index contributed by atoms with van der Waals surface area (Å²) in [7, 11) is 0. The van der Waals surface area contributed by atoms with Crippen LogP contribution in [0.5, 0.6) is 5.75 Å². The van der Waals surface area contributed by atoms with Crippen molar-refractivity contribution in [1.29, 1.82) is 5.41 Å². The standard InChI is InChI=1S/C34H39ClFN5O4.ClH/c35-26-18-27(36)20-28(19-26)45-16-15-39-34(44)30(24-9-5-2-6-10-24)41-33(43)29(17-22-11-13-25(14-12-22)31(37)38)32(42)40-21-23-7-3-1-4-8-23;/h1,3-4,7-8,11-14,18-20,24,29-30H,2,5-6,9-10,15-17,21H2,(H3,37,38)(H,39,44)(H,40,42)(H,41,43);1H. The molecule has 0 spiro atoms. The molecule has 246 valence electrons. The van der Waals surface area contributed by atoms with E-state index in [1.807, 2.05) is 30.3 Å². The largest absolute Gasteiger partial charge is 0.492 e. The Kier molecular flexibility index (Phi) is 14.3. The highest BCUT2D eigenvalue weighted by Gasteiger charge is 2.35. The van der Waals surface area contributed by atoms with E-state index < -0.39 is 29.6 Å². The number of nitrogen functional groups attached to an aromatic ring is 1. The topological polar surface area (TPSA) is 146 Å². The smallest absolute Gasteiger partial charge is 0.242 e. The molecule has 1 fully saturated rings. The maximum absolute atomic E-state index is 13.8. The highest BCUT2D eigenvalue weighted by atomic mass is 35.5. The summed E-state index contributed by atoms with van der Waals surface area (Å²) >= 11 is 5.89. The lowest BCUT2D eigenvalue weighted by atomic mass is 9.83. The zero-order chi connectivity index (χ0) is 32.2. The molecular weight excluding hydrogens is 632 g/mol. The minimum absolute atomic E-state index is 0.